The zero-order valence-corrected chi connectivity index (χ0v) is 23.4. The standard InChI is InChI=1S/C30H39NO8/c1-5-35-24(32)17-30(11-6-9-28(2,3)39-30)27(33)38-26-23(34-4)16-29-10-7-12-31(29)13-8-19-14-21-22(37-18-36-21)15-20(19)25(26)29/h14-16,25-26H,5-13,17-18H2,1-4H3/t25-,26?,29+,30-/m1/s1. The molecule has 39 heavy (non-hydrogen) atoms. The molecule has 0 aromatic heterocycles. The third kappa shape index (κ3) is 4.38. The molecule has 6 rings (SSSR count). The molecule has 4 atom stereocenters. The minimum atomic E-state index is -1.42. The summed E-state index contributed by atoms with van der Waals surface area (Å²) in [6, 6.07) is 4.14. The number of hydrogen-bond donors (Lipinski definition) is 0. The number of esters is 2. The smallest absolute Gasteiger partial charge is 0.339 e. The highest BCUT2D eigenvalue weighted by atomic mass is 16.7. The van der Waals surface area contributed by atoms with E-state index >= 15 is 0 Å². The number of nitrogens with zero attached hydrogens (tertiary/aromatic N) is 1. The average molecular weight is 542 g/mol. The number of methoxy groups -OCH3 is 1. The summed E-state index contributed by atoms with van der Waals surface area (Å²) in [4.78, 5) is 29.4. The Hall–Kier alpha value is -2.78. The van der Waals surface area contributed by atoms with Crippen molar-refractivity contribution < 1.29 is 38.0 Å². The first kappa shape index (κ1) is 26.4. The van der Waals surface area contributed by atoms with Crippen molar-refractivity contribution in [1.29, 1.82) is 0 Å². The van der Waals surface area contributed by atoms with E-state index in [9.17, 15) is 9.59 Å². The quantitative estimate of drug-likeness (QED) is 0.495. The molecule has 0 bridgehead atoms. The average Bonchev–Trinajstić information content (AvgIpc) is 3.57. The molecule has 9 heteroatoms. The molecule has 9 nitrogen and oxygen atoms in total. The van der Waals surface area contributed by atoms with Gasteiger partial charge in [-0.15, -0.1) is 0 Å². The van der Waals surface area contributed by atoms with Crippen molar-refractivity contribution in [3.8, 4) is 11.5 Å². The highest BCUT2D eigenvalue weighted by molar-refractivity contribution is 5.86. The molecular formula is C30H39NO8. The maximum atomic E-state index is 14.2. The van der Waals surface area contributed by atoms with Crippen LogP contribution in [0.3, 0.4) is 0 Å². The largest absolute Gasteiger partial charge is 0.497 e. The van der Waals surface area contributed by atoms with Crippen molar-refractivity contribution >= 4 is 11.9 Å². The number of ether oxygens (including phenoxy) is 6. The van der Waals surface area contributed by atoms with E-state index in [2.05, 4.69) is 23.1 Å². The molecule has 4 heterocycles. The van der Waals surface area contributed by atoms with E-state index in [1.165, 1.54) is 5.56 Å². The Bertz CT molecular complexity index is 1190. The maximum absolute atomic E-state index is 14.2. The number of carbonyl (C=O) groups excluding carboxylic acids is 2. The molecule has 4 aliphatic heterocycles. The highest BCUT2D eigenvalue weighted by Crippen LogP contribution is 2.56. The molecule has 0 radical (unpaired) electrons. The number of benzene rings is 1. The Morgan fingerprint density at radius 3 is 2.62 bits per heavy atom. The molecule has 0 saturated carbocycles. The second-order valence-corrected chi connectivity index (χ2v) is 12.0. The van der Waals surface area contributed by atoms with E-state index in [-0.39, 0.29) is 31.3 Å². The van der Waals surface area contributed by atoms with Gasteiger partial charge in [0.25, 0.3) is 0 Å². The summed E-state index contributed by atoms with van der Waals surface area (Å²) in [5.41, 5.74) is -0.0676. The van der Waals surface area contributed by atoms with E-state index in [4.69, 9.17) is 28.4 Å². The number of carbonyl (C=O) groups is 2. The summed E-state index contributed by atoms with van der Waals surface area (Å²) in [7, 11) is 1.63. The maximum Gasteiger partial charge on any atom is 0.339 e. The molecule has 1 unspecified atom stereocenters. The van der Waals surface area contributed by atoms with Gasteiger partial charge in [0.05, 0.1) is 37.2 Å². The van der Waals surface area contributed by atoms with E-state index in [0.29, 0.717) is 17.9 Å². The van der Waals surface area contributed by atoms with Gasteiger partial charge in [-0.1, -0.05) is 0 Å². The first-order valence-electron chi connectivity index (χ1n) is 14.2. The lowest BCUT2D eigenvalue weighted by molar-refractivity contribution is -0.216. The number of rotatable bonds is 6. The van der Waals surface area contributed by atoms with Crippen LogP contribution in [0.25, 0.3) is 0 Å². The fraction of sp³-hybridized carbons (Fsp3) is 0.667. The van der Waals surface area contributed by atoms with E-state index in [0.717, 1.165) is 56.5 Å². The molecule has 2 saturated heterocycles. The molecule has 0 N–H and O–H groups in total. The topological polar surface area (TPSA) is 92.8 Å². The summed E-state index contributed by atoms with van der Waals surface area (Å²) >= 11 is 0. The summed E-state index contributed by atoms with van der Waals surface area (Å²) in [6.07, 6.45) is 6.09. The van der Waals surface area contributed by atoms with Crippen molar-refractivity contribution in [2.45, 2.75) is 94.5 Å². The van der Waals surface area contributed by atoms with Gasteiger partial charge >= 0.3 is 11.9 Å². The second kappa shape index (κ2) is 9.70. The first-order chi connectivity index (χ1) is 18.7. The fourth-order valence-corrected chi connectivity index (χ4v) is 7.53. The van der Waals surface area contributed by atoms with Gasteiger partial charge in [-0.3, -0.25) is 9.69 Å². The Balaban J connectivity index is 1.40. The van der Waals surface area contributed by atoms with Gasteiger partial charge in [-0.2, -0.15) is 0 Å². The molecule has 0 amide bonds. The molecule has 212 valence electrons. The van der Waals surface area contributed by atoms with Crippen molar-refractivity contribution in [2.75, 3.05) is 33.6 Å². The normalized spacial score (nSPS) is 32.4. The van der Waals surface area contributed by atoms with Gasteiger partial charge in [0.1, 0.15) is 5.76 Å². The van der Waals surface area contributed by atoms with Crippen LogP contribution in [-0.2, 0) is 35.0 Å². The minimum absolute atomic E-state index is 0.181. The molecule has 1 aromatic rings. The van der Waals surface area contributed by atoms with Crippen molar-refractivity contribution in [3.05, 3.63) is 35.1 Å². The molecular weight excluding hydrogens is 502 g/mol. The lowest BCUT2D eigenvalue weighted by atomic mass is 9.77. The third-order valence-corrected chi connectivity index (χ3v) is 9.14. The zero-order chi connectivity index (χ0) is 27.4. The van der Waals surface area contributed by atoms with Crippen molar-refractivity contribution in [3.63, 3.8) is 0 Å². The molecule has 1 spiro atoms. The van der Waals surface area contributed by atoms with E-state index in [1.807, 2.05) is 13.8 Å². The Morgan fingerprint density at radius 2 is 1.87 bits per heavy atom. The minimum Gasteiger partial charge on any atom is -0.497 e. The van der Waals surface area contributed by atoms with Crippen molar-refractivity contribution in [1.82, 2.24) is 4.90 Å². The molecule has 5 aliphatic rings. The van der Waals surface area contributed by atoms with Crippen LogP contribution in [0, 0.1) is 0 Å². The zero-order valence-electron chi connectivity index (χ0n) is 23.4. The lowest BCUT2D eigenvalue weighted by Gasteiger charge is -2.44. The fourth-order valence-electron chi connectivity index (χ4n) is 7.53. The van der Waals surface area contributed by atoms with Gasteiger partial charge in [-0.25, -0.2) is 4.79 Å². The van der Waals surface area contributed by atoms with Gasteiger partial charge in [0, 0.05) is 6.54 Å². The summed E-state index contributed by atoms with van der Waals surface area (Å²) in [5.74, 6) is 0.899. The SMILES string of the molecule is CCOC(=O)C[C@@]1(C(=O)OC2C(OC)=C[C@]34CCCN3CCc3cc5c(cc3[C@H]24)OCO5)CCCC(C)(C)O1. The third-order valence-electron chi connectivity index (χ3n) is 9.14. The van der Waals surface area contributed by atoms with Crippen LogP contribution >= 0.6 is 0 Å². The van der Waals surface area contributed by atoms with Gasteiger partial charge in [0.2, 0.25) is 6.79 Å². The molecule has 1 aliphatic carbocycles. The van der Waals surface area contributed by atoms with Crippen LogP contribution in [0.5, 0.6) is 11.5 Å². The van der Waals surface area contributed by atoms with Gasteiger partial charge in [-0.05, 0) is 95.2 Å². The number of hydrogen-bond acceptors (Lipinski definition) is 9. The first-order valence-corrected chi connectivity index (χ1v) is 14.2. The predicted molar refractivity (Wildman–Crippen MR) is 141 cm³/mol. The lowest BCUT2D eigenvalue weighted by Crippen LogP contribution is -2.54. The van der Waals surface area contributed by atoms with Crippen LogP contribution in [0.2, 0.25) is 0 Å². The molecule has 2 fully saturated rings. The highest BCUT2D eigenvalue weighted by Gasteiger charge is 2.60. The van der Waals surface area contributed by atoms with Crippen LogP contribution in [0.4, 0.5) is 0 Å². The van der Waals surface area contributed by atoms with Crippen LogP contribution in [0.1, 0.15) is 76.3 Å². The van der Waals surface area contributed by atoms with Crippen molar-refractivity contribution in [2.24, 2.45) is 0 Å². The monoisotopic (exact) mass is 541 g/mol. The van der Waals surface area contributed by atoms with Gasteiger partial charge in [0.15, 0.2) is 23.2 Å². The van der Waals surface area contributed by atoms with Crippen LogP contribution in [0.15, 0.2) is 24.0 Å². The summed E-state index contributed by atoms with van der Waals surface area (Å²) in [5, 5.41) is 0. The van der Waals surface area contributed by atoms with E-state index < -0.39 is 29.2 Å². The predicted octanol–water partition coefficient (Wildman–Crippen LogP) is 4.02. The van der Waals surface area contributed by atoms with Crippen LogP contribution < -0.4 is 9.47 Å². The van der Waals surface area contributed by atoms with Gasteiger partial charge < -0.3 is 28.4 Å². The Morgan fingerprint density at radius 1 is 1.08 bits per heavy atom. The Labute approximate surface area is 229 Å². The Kier molecular flexibility index (Phi) is 6.57. The second-order valence-electron chi connectivity index (χ2n) is 12.0. The summed E-state index contributed by atoms with van der Waals surface area (Å²) < 4.78 is 35.5. The molecule has 1 aromatic carbocycles. The van der Waals surface area contributed by atoms with Crippen LogP contribution in [-0.4, -0.2) is 73.3 Å². The van der Waals surface area contributed by atoms with E-state index in [1.54, 1.807) is 14.0 Å². The summed E-state index contributed by atoms with van der Waals surface area (Å²) in [6.45, 7) is 7.95. The number of fused-ring (bicyclic) bond motifs is 3.